The summed E-state index contributed by atoms with van der Waals surface area (Å²) in [5.41, 5.74) is -0.0885. The van der Waals surface area contributed by atoms with Gasteiger partial charge in [-0.15, -0.1) is 0 Å². The van der Waals surface area contributed by atoms with Crippen LogP contribution in [0.2, 0.25) is 0 Å². The molecule has 0 aromatic rings. The molecule has 2 aliphatic rings. The number of hydrogen-bond acceptors (Lipinski definition) is 2. The van der Waals surface area contributed by atoms with E-state index in [1.807, 2.05) is 6.26 Å². The molecule has 0 aromatic carbocycles. The summed E-state index contributed by atoms with van der Waals surface area (Å²) in [6, 6.07) is 0. The van der Waals surface area contributed by atoms with Crippen molar-refractivity contribution in [3.05, 3.63) is 0 Å². The van der Waals surface area contributed by atoms with Crippen LogP contribution in [0.4, 0.5) is 0 Å². The van der Waals surface area contributed by atoms with Gasteiger partial charge in [0, 0.05) is 0 Å². The number of fused-ring (bicyclic) bond motifs is 2. The Bertz CT molecular complexity index is 236. The van der Waals surface area contributed by atoms with E-state index < -0.39 is 0 Å². The number of hydrogen-bond donors (Lipinski definition) is 0. The zero-order valence-corrected chi connectivity index (χ0v) is 9.12. The van der Waals surface area contributed by atoms with Gasteiger partial charge in [0.15, 0.2) is 0 Å². The third-order valence-electron chi connectivity index (χ3n) is 3.84. The Morgan fingerprint density at radius 2 is 1.71 bits per heavy atom. The zero-order valence-electron chi connectivity index (χ0n) is 9.12. The van der Waals surface area contributed by atoms with Crippen molar-refractivity contribution < 1.29 is 4.74 Å². The van der Waals surface area contributed by atoms with Gasteiger partial charge in [0.05, 0.1) is 0 Å². The summed E-state index contributed by atoms with van der Waals surface area (Å²) < 4.78 is 5.39. The highest BCUT2D eigenvalue weighted by atomic mass is 16.5. The molecule has 0 heterocycles. The monoisotopic (exact) mass is 193 g/mol. The average Bonchev–Trinajstić information content (AvgIpc) is 1.99. The fourth-order valence-corrected chi connectivity index (χ4v) is 3.84. The lowest BCUT2D eigenvalue weighted by Crippen LogP contribution is -2.45. The van der Waals surface area contributed by atoms with E-state index in [1.54, 1.807) is 0 Å². The molecular formula is C12H19NO. The van der Waals surface area contributed by atoms with Gasteiger partial charge in [0.1, 0.15) is 5.60 Å². The van der Waals surface area contributed by atoms with Crippen molar-refractivity contribution in [1.82, 2.24) is 0 Å². The molecule has 2 bridgehead atoms. The summed E-state index contributed by atoms with van der Waals surface area (Å²) in [5, 5.41) is 8.73. The summed E-state index contributed by atoms with van der Waals surface area (Å²) in [4.78, 5) is 0. The van der Waals surface area contributed by atoms with Crippen molar-refractivity contribution in [2.75, 3.05) is 0 Å². The van der Waals surface area contributed by atoms with E-state index in [0.717, 1.165) is 37.0 Å². The first-order chi connectivity index (χ1) is 6.63. The van der Waals surface area contributed by atoms with Gasteiger partial charge in [-0.3, -0.25) is 0 Å². The Kier molecular flexibility index (Phi) is 2.43. The highest BCUT2D eigenvalue weighted by Crippen LogP contribution is 2.49. The van der Waals surface area contributed by atoms with Crippen LogP contribution < -0.4 is 0 Å². The third kappa shape index (κ3) is 1.73. The highest BCUT2D eigenvalue weighted by Gasteiger charge is 2.46. The largest absolute Gasteiger partial charge is 0.421 e. The zero-order chi connectivity index (χ0) is 10.2. The first-order valence-corrected chi connectivity index (χ1v) is 5.70. The summed E-state index contributed by atoms with van der Waals surface area (Å²) in [6.45, 7) is 4.58. The quantitative estimate of drug-likeness (QED) is 0.599. The summed E-state index contributed by atoms with van der Waals surface area (Å²) >= 11 is 0. The molecule has 2 heteroatoms. The van der Waals surface area contributed by atoms with Crippen molar-refractivity contribution in [2.24, 2.45) is 17.8 Å². The second kappa shape index (κ2) is 3.46. The van der Waals surface area contributed by atoms with Crippen LogP contribution in [0.5, 0.6) is 0 Å². The lowest BCUT2D eigenvalue weighted by atomic mass is 9.63. The molecule has 2 rings (SSSR count). The van der Waals surface area contributed by atoms with Crippen LogP contribution in [0, 0.1) is 29.3 Å². The second-order valence-corrected chi connectivity index (χ2v) is 5.54. The molecule has 0 amide bonds. The molecule has 0 saturated heterocycles. The van der Waals surface area contributed by atoms with Crippen molar-refractivity contribution in [3.63, 3.8) is 0 Å². The van der Waals surface area contributed by atoms with Crippen LogP contribution >= 0.6 is 0 Å². The molecule has 2 aliphatic carbocycles. The van der Waals surface area contributed by atoms with E-state index in [4.69, 9.17) is 10.00 Å². The Labute approximate surface area is 86.2 Å². The van der Waals surface area contributed by atoms with Crippen molar-refractivity contribution in [3.8, 4) is 6.26 Å². The summed E-state index contributed by atoms with van der Waals surface area (Å²) in [6.07, 6.45) is 7.88. The Balaban J connectivity index is 2.15. The minimum Gasteiger partial charge on any atom is -0.421 e. The van der Waals surface area contributed by atoms with Crippen molar-refractivity contribution in [1.29, 1.82) is 5.26 Å². The fourth-order valence-electron chi connectivity index (χ4n) is 3.84. The van der Waals surface area contributed by atoms with E-state index in [1.165, 1.54) is 12.8 Å². The van der Waals surface area contributed by atoms with E-state index in [9.17, 15) is 0 Å². The van der Waals surface area contributed by atoms with Crippen LogP contribution in [0.3, 0.4) is 0 Å². The standard InChI is InChI=1S/C12H19NO/c1-9-3-11-4-10(2)6-12(5-9,7-11)14-8-13/h9-11H,3-7H2,1-2H3. The normalized spacial score (nSPS) is 46.8. The molecule has 0 aliphatic heterocycles. The van der Waals surface area contributed by atoms with Crippen molar-refractivity contribution in [2.45, 2.75) is 51.6 Å². The molecule has 2 fully saturated rings. The number of rotatable bonds is 1. The third-order valence-corrected chi connectivity index (χ3v) is 3.84. The first-order valence-electron chi connectivity index (χ1n) is 5.70. The molecule has 0 radical (unpaired) electrons. The maximum absolute atomic E-state index is 8.73. The number of nitriles is 1. The smallest absolute Gasteiger partial charge is 0.286 e. The maximum Gasteiger partial charge on any atom is 0.286 e. The van der Waals surface area contributed by atoms with Gasteiger partial charge in [-0.25, -0.2) is 0 Å². The Hall–Kier alpha value is -0.710. The van der Waals surface area contributed by atoms with E-state index in [2.05, 4.69) is 13.8 Å². The lowest BCUT2D eigenvalue weighted by molar-refractivity contribution is -0.0808. The molecule has 2 atom stereocenters. The Morgan fingerprint density at radius 3 is 2.21 bits per heavy atom. The van der Waals surface area contributed by atoms with Crippen LogP contribution in [-0.2, 0) is 4.74 Å². The minimum absolute atomic E-state index is 0.0885. The van der Waals surface area contributed by atoms with E-state index in [-0.39, 0.29) is 5.60 Å². The van der Waals surface area contributed by atoms with Gasteiger partial charge in [-0.2, -0.15) is 5.26 Å². The van der Waals surface area contributed by atoms with Crippen LogP contribution in [0.1, 0.15) is 46.0 Å². The molecule has 2 unspecified atom stereocenters. The molecular weight excluding hydrogens is 174 g/mol. The maximum atomic E-state index is 8.73. The predicted molar refractivity (Wildman–Crippen MR) is 54.3 cm³/mol. The molecule has 0 aromatic heterocycles. The number of ether oxygens (including phenoxy) is 1. The second-order valence-electron chi connectivity index (χ2n) is 5.54. The predicted octanol–water partition coefficient (Wildman–Crippen LogP) is 3.09. The molecule has 0 spiro atoms. The average molecular weight is 193 g/mol. The van der Waals surface area contributed by atoms with Crippen LogP contribution in [-0.4, -0.2) is 5.60 Å². The van der Waals surface area contributed by atoms with Gasteiger partial charge < -0.3 is 4.74 Å². The van der Waals surface area contributed by atoms with Gasteiger partial charge in [-0.1, -0.05) is 13.8 Å². The fraction of sp³-hybridized carbons (Fsp3) is 0.917. The van der Waals surface area contributed by atoms with E-state index in [0.29, 0.717) is 0 Å². The molecule has 2 nitrogen and oxygen atoms in total. The highest BCUT2D eigenvalue weighted by molar-refractivity contribution is 4.97. The van der Waals surface area contributed by atoms with E-state index >= 15 is 0 Å². The Morgan fingerprint density at radius 1 is 1.14 bits per heavy atom. The summed E-state index contributed by atoms with van der Waals surface area (Å²) in [5.74, 6) is 2.26. The summed E-state index contributed by atoms with van der Waals surface area (Å²) in [7, 11) is 0. The SMILES string of the molecule is CC1CC2CC(C)CC(OC#N)(C1)C2. The molecule has 14 heavy (non-hydrogen) atoms. The molecule has 78 valence electrons. The first kappa shape index (κ1) is 9.83. The lowest BCUT2D eigenvalue weighted by Gasteiger charge is -2.47. The topological polar surface area (TPSA) is 33.0 Å². The minimum atomic E-state index is -0.0885. The van der Waals surface area contributed by atoms with Gasteiger partial charge in [0.25, 0.3) is 6.26 Å². The van der Waals surface area contributed by atoms with Crippen LogP contribution in [0.15, 0.2) is 0 Å². The van der Waals surface area contributed by atoms with Gasteiger partial charge in [0.2, 0.25) is 0 Å². The number of nitrogens with zero attached hydrogens (tertiary/aromatic N) is 1. The molecule has 2 saturated carbocycles. The van der Waals surface area contributed by atoms with Gasteiger partial charge >= 0.3 is 0 Å². The van der Waals surface area contributed by atoms with Crippen molar-refractivity contribution >= 4 is 0 Å². The van der Waals surface area contributed by atoms with Crippen LogP contribution in [0.25, 0.3) is 0 Å². The van der Waals surface area contributed by atoms with Gasteiger partial charge in [-0.05, 0) is 49.9 Å². The molecule has 0 N–H and O–H groups in total.